The number of aromatic amines is 1. The minimum absolute atomic E-state index is 0.0945. The fraction of sp³-hybridized carbons (Fsp3) is 0.333. The molecular weight excluding hydrogens is 282 g/mol. The Morgan fingerprint density at radius 1 is 1.29 bits per heavy atom. The number of halogens is 1. The van der Waals surface area contributed by atoms with Gasteiger partial charge in [0.15, 0.2) is 0 Å². The van der Waals surface area contributed by atoms with Crippen LogP contribution in [-0.2, 0) is 0 Å². The highest BCUT2D eigenvalue weighted by atomic mass is 79.9. The predicted molar refractivity (Wildman–Crippen MR) is 71.5 cm³/mol. The predicted octanol–water partition coefficient (Wildman–Crippen LogP) is 2.29. The van der Waals surface area contributed by atoms with Crippen molar-refractivity contribution in [2.24, 2.45) is 0 Å². The van der Waals surface area contributed by atoms with Crippen molar-refractivity contribution in [1.82, 2.24) is 9.97 Å². The quantitative estimate of drug-likeness (QED) is 0.878. The van der Waals surface area contributed by atoms with Crippen LogP contribution in [0.15, 0.2) is 27.7 Å². The van der Waals surface area contributed by atoms with E-state index in [0.29, 0.717) is 5.39 Å². The molecule has 88 valence electrons. The maximum atomic E-state index is 11.8. The van der Waals surface area contributed by atoms with Crippen molar-refractivity contribution in [1.29, 1.82) is 0 Å². The maximum Gasteiger partial charge on any atom is 0.259 e. The fourth-order valence-corrected chi connectivity index (χ4v) is 3.08. The van der Waals surface area contributed by atoms with Gasteiger partial charge in [-0.3, -0.25) is 4.79 Å². The Bertz CT molecular complexity index is 617. The Morgan fingerprint density at radius 3 is 2.82 bits per heavy atom. The molecular formula is C12H12BrN3O. The molecule has 0 aliphatic carbocycles. The zero-order valence-corrected chi connectivity index (χ0v) is 10.8. The standard InChI is InChI=1S/C12H12BrN3O/c13-11-9(16-5-1-2-6-16)4-3-8-10(11)12(17)15-7-14-8/h3-4,7H,1-2,5-6H2,(H,14,15,17). The molecule has 0 atom stereocenters. The number of benzene rings is 1. The van der Waals surface area contributed by atoms with Gasteiger partial charge in [-0.05, 0) is 40.9 Å². The topological polar surface area (TPSA) is 49.0 Å². The molecule has 2 aromatic rings. The second-order valence-electron chi connectivity index (χ2n) is 4.22. The molecule has 17 heavy (non-hydrogen) atoms. The van der Waals surface area contributed by atoms with Gasteiger partial charge in [0.2, 0.25) is 0 Å². The number of hydrogen-bond donors (Lipinski definition) is 1. The van der Waals surface area contributed by atoms with E-state index in [2.05, 4.69) is 30.8 Å². The zero-order valence-electron chi connectivity index (χ0n) is 9.24. The van der Waals surface area contributed by atoms with Gasteiger partial charge in [-0.1, -0.05) is 0 Å². The molecule has 1 fully saturated rings. The summed E-state index contributed by atoms with van der Waals surface area (Å²) in [6, 6.07) is 3.94. The Hall–Kier alpha value is -1.36. The van der Waals surface area contributed by atoms with Crippen molar-refractivity contribution in [3.63, 3.8) is 0 Å². The van der Waals surface area contributed by atoms with Crippen LogP contribution in [0, 0.1) is 0 Å². The first-order chi connectivity index (χ1) is 8.27. The van der Waals surface area contributed by atoms with E-state index in [4.69, 9.17) is 0 Å². The lowest BCUT2D eigenvalue weighted by Gasteiger charge is -2.19. The lowest BCUT2D eigenvalue weighted by molar-refractivity contribution is 0.949. The fourth-order valence-electron chi connectivity index (χ4n) is 2.31. The van der Waals surface area contributed by atoms with Gasteiger partial charge in [-0.2, -0.15) is 0 Å². The van der Waals surface area contributed by atoms with E-state index in [1.807, 2.05) is 12.1 Å². The monoisotopic (exact) mass is 293 g/mol. The van der Waals surface area contributed by atoms with Crippen molar-refractivity contribution < 1.29 is 0 Å². The molecule has 0 amide bonds. The molecule has 1 aliphatic heterocycles. The Morgan fingerprint density at radius 2 is 2.06 bits per heavy atom. The van der Waals surface area contributed by atoms with Crippen molar-refractivity contribution in [2.45, 2.75) is 12.8 Å². The Kier molecular flexibility index (Phi) is 2.63. The number of fused-ring (bicyclic) bond motifs is 1. The molecule has 0 bridgehead atoms. The molecule has 3 rings (SSSR count). The molecule has 1 aromatic carbocycles. The molecule has 1 saturated heterocycles. The summed E-state index contributed by atoms with van der Waals surface area (Å²) in [5.41, 5.74) is 1.72. The minimum atomic E-state index is -0.0945. The molecule has 0 saturated carbocycles. The van der Waals surface area contributed by atoms with Gasteiger partial charge in [-0.15, -0.1) is 0 Å². The number of hydrogen-bond acceptors (Lipinski definition) is 3. The summed E-state index contributed by atoms with van der Waals surface area (Å²) in [6.45, 7) is 2.12. The van der Waals surface area contributed by atoms with Crippen LogP contribution >= 0.6 is 15.9 Å². The molecule has 2 heterocycles. The van der Waals surface area contributed by atoms with E-state index in [1.54, 1.807) is 0 Å². The first kappa shape index (κ1) is 10.8. The number of nitrogens with zero attached hydrogens (tertiary/aromatic N) is 2. The largest absolute Gasteiger partial charge is 0.371 e. The highest BCUT2D eigenvalue weighted by molar-refractivity contribution is 9.10. The number of H-pyrrole nitrogens is 1. The maximum absolute atomic E-state index is 11.8. The summed E-state index contributed by atoms with van der Waals surface area (Å²) in [4.78, 5) is 20.9. The van der Waals surface area contributed by atoms with Gasteiger partial charge >= 0.3 is 0 Å². The second kappa shape index (κ2) is 4.14. The highest BCUT2D eigenvalue weighted by Gasteiger charge is 2.17. The van der Waals surface area contributed by atoms with Crippen molar-refractivity contribution in [3.05, 3.63) is 33.3 Å². The van der Waals surface area contributed by atoms with Crippen LogP contribution in [0.4, 0.5) is 5.69 Å². The van der Waals surface area contributed by atoms with Crippen molar-refractivity contribution in [3.8, 4) is 0 Å². The average Bonchev–Trinajstić information content (AvgIpc) is 2.83. The van der Waals surface area contributed by atoms with Crippen LogP contribution in [-0.4, -0.2) is 23.1 Å². The molecule has 1 aliphatic rings. The van der Waals surface area contributed by atoms with Crippen LogP contribution in [0.2, 0.25) is 0 Å². The van der Waals surface area contributed by atoms with E-state index in [-0.39, 0.29) is 5.56 Å². The van der Waals surface area contributed by atoms with Gasteiger partial charge in [0.25, 0.3) is 5.56 Å². The lowest BCUT2D eigenvalue weighted by atomic mass is 10.2. The Labute approximate surface area is 107 Å². The number of rotatable bonds is 1. The molecule has 0 radical (unpaired) electrons. The van der Waals surface area contributed by atoms with Crippen molar-refractivity contribution >= 4 is 32.5 Å². The van der Waals surface area contributed by atoms with Crippen LogP contribution in [0.5, 0.6) is 0 Å². The van der Waals surface area contributed by atoms with E-state index < -0.39 is 0 Å². The smallest absolute Gasteiger partial charge is 0.259 e. The summed E-state index contributed by atoms with van der Waals surface area (Å²) in [5.74, 6) is 0. The molecule has 1 N–H and O–H groups in total. The van der Waals surface area contributed by atoms with Crippen LogP contribution < -0.4 is 10.5 Å². The van der Waals surface area contributed by atoms with Gasteiger partial charge < -0.3 is 9.88 Å². The number of nitrogens with one attached hydrogen (secondary N) is 1. The van der Waals surface area contributed by atoms with Gasteiger partial charge in [0, 0.05) is 13.1 Å². The highest BCUT2D eigenvalue weighted by Crippen LogP contribution is 2.32. The second-order valence-corrected chi connectivity index (χ2v) is 5.01. The zero-order chi connectivity index (χ0) is 11.8. The third kappa shape index (κ3) is 1.74. The first-order valence-electron chi connectivity index (χ1n) is 5.68. The average molecular weight is 294 g/mol. The molecule has 0 spiro atoms. The number of anilines is 1. The molecule has 0 unspecified atom stereocenters. The lowest BCUT2D eigenvalue weighted by Crippen LogP contribution is -2.19. The normalized spacial score (nSPS) is 15.7. The van der Waals surface area contributed by atoms with E-state index >= 15 is 0 Å². The van der Waals surface area contributed by atoms with E-state index in [1.165, 1.54) is 19.2 Å². The van der Waals surface area contributed by atoms with Gasteiger partial charge in [-0.25, -0.2) is 4.98 Å². The third-order valence-electron chi connectivity index (χ3n) is 3.17. The SMILES string of the molecule is O=c1[nH]cnc2ccc(N3CCCC3)c(Br)c12. The molecule has 5 heteroatoms. The van der Waals surface area contributed by atoms with Crippen LogP contribution in [0.25, 0.3) is 10.9 Å². The molecule has 4 nitrogen and oxygen atoms in total. The Balaban J connectivity index is 2.24. The first-order valence-corrected chi connectivity index (χ1v) is 6.47. The summed E-state index contributed by atoms with van der Waals surface area (Å²) < 4.78 is 0.853. The summed E-state index contributed by atoms with van der Waals surface area (Å²) >= 11 is 3.54. The summed E-state index contributed by atoms with van der Waals surface area (Å²) in [6.07, 6.45) is 3.87. The van der Waals surface area contributed by atoms with Crippen LogP contribution in [0.3, 0.4) is 0 Å². The van der Waals surface area contributed by atoms with Crippen molar-refractivity contribution in [2.75, 3.05) is 18.0 Å². The minimum Gasteiger partial charge on any atom is -0.371 e. The summed E-state index contributed by atoms with van der Waals surface area (Å²) in [7, 11) is 0. The van der Waals surface area contributed by atoms with Gasteiger partial charge in [0.05, 0.1) is 27.4 Å². The summed E-state index contributed by atoms with van der Waals surface area (Å²) in [5, 5.41) is 0.636. The van der Waals surface area contributed by atoms with E-state index in [9.17, 15) is 4.79 Å². The molecule has 1 aromatic heterocycles. The number of aromatic nitrogens is 2. The van der Waals surface area contributed by atoms with E-state index in [0.717, 1.165) is 28.8 Å². The third-order valence-corrected chi connectivity index (χ3v) is 3.98. The van der Waals surface area contributed by atoms with Gasteiger partial charge in [0.1, 0.15) is 0 Å². The van der Waals surface area contributed by atoms with Crippen LogP contribution in [0.1, 0.15) is 12.8 Å².